The van der Waals surface area contributed by atoms with Crippen molar-refractivity contribution in [1.29, 1.82) is 0 Å². The summed E-state index contributed by atoms with van der Waals surface area (Å²) in [5.74, 6) is 1.21. The van der Waals surface area contributed by atoms with Gasteiger partial charge < -0.3 is 9.26 Å². The van der Waals surface area contributed by atoms with Crippen molar-refractivity contribution in [2.75, 3.05) is 7.11 Å². The maximum Gasteiger partial charge on any atom is 0.258 e. The normalized spacial score (nSPS) is 10.8. The molecule has 2 aromatic carbocycles. The predicted octanol–water partition coefficient (Wildman–Crippen LogP) is 3.19. The monoisotopic (exact) mass is 351 g/mol. The molecule has 0 atom stereocenters. The van der Waals surface area contributed by atoms with Gasteiger partial charge in [-0.3, -0.25) is 0 Å². The zero-order valence-corrected chi connectivity index (χ0v) is 13.8. The van der Waals surface area contributed by atoms with Gasteiger partial charge in [0.25, 0.3) is 5.89 Å². The molecule has 4 rings (SSSR count). The molecule has 0 spiro atoms. The van der Waals surface area contributed by atoms with Crippen LogP contribution in [0.25, 0.3) is 23.0 Å². The first-order chi connectivity index (χ1) is 12.7. The van der Waals surface area contributed by atoms with Crippen molar-refractivity contribution >= 4 is 0 Å². The fraction of sp³-hybridized carbons (Fsp3) is 0.111. The van der Waals surface area contributed by atoms with Gasteiger partial charge in [0.2, 0.25) is 5.82 Å². The lowest BCUT2D eigenvalue weighted by molar-refractivity contribution is 0.414. The third-order valence-corrected chi connectivity index (χ3v) is 3.79. The van der Waals surface area contributed by atoms with Crippen LogP contribution in [0.3, 0.4) is 0 Å². The lowest BCUT2D eigenvalue weighted by Crippen LogP contribution is -2.00. The van der Waals surface area contributed by atoms with Crippen molar-refractivity contribution < 1.29 is 13.7 Å². The van der Waals surface area contributed by atoms with Crippen molar-refractivity contribution in [3.63, 3.8) is 0 Å². The Balaban J connectivity index is 1.52. The fourth-order valence-electron chi connectivity index (χ4n) is 2.43. The molecule has 0 saturated heterocycles. The molecule has 0 fully saturated rings. The summed E-state index contributed by atoms with van der Waals surface area (Å²) in [6.07, 6.45) is 1.71. The topological polar surface area (TPSA) is 78.9 Å². The van der Waals surface area contributed by atoms with Crippen LogP contribution in [0.2, 0.25) is 0 Å². The number of aromatic nitrogens is 5. The highest BCUT2D eigenvalue weighted by Crippen LogP contribution is 2.23. The predicted molar refractivity (Wildman–Crippen MR) is 90.8 cm³/mol. The van der Waals surface area contributed by atoms with Crippen LogP contribution in [0.1, 0.15) is 5.56 Å². The highest BCUT2D eigenvalue weighted by atomic mass is 19.1. The Morgan fingerprint density at radius 2 is 1.85 bits per heavy atom. The molecule has 130 valence electrons. The molecule has 4 aromatic rings. The van der Waals surface area contributed by atoms with E-state index in [2.05, 4.69) is 20.5 Å². The zero-order chi connectivity index (χ0) is 17.9. The number of ether oxygens (including phenoxy) is 1. The molecule has 26 heavy (non-hydrogen) atoms. The van der Waals surface area contributed by atoms with Crippen molar-refractivity contribution in [3.8, 4) is 28.7 Å². The van der Waals surface area contributed by atoms with Crippen LogP contribution in [0, 0.1) is 5.82 Å². The minimum Gasteiger partial charge on any atom is -0.497 e. The van der Waals surface area contributed by atoms with E-state index in [0.717, 1.165) is 16.9 Å². The number of halogens is 1. The first-order valence-corrected chi connectivity index (χ1v) is 7.84. The van der Waals surface area contributed by atoms with Gasteiger partial charge in [0, 0.05) is 5.56 Å². The highest BCUT2D eigenvalue weighted by molar-refractivity contribution is 5.57. The highest BCUT2D eigenvalue weighted by Gasteiger charge is 2.14. The number of hydrogen-bond donors (Lipinski definition) is 0. The van der Waals surface area contributed by atoms with Crippen LogP contribution >= 0.6 is 0 Å². The summed E-state index contributed by atoms with van der Waals surface area (Å²) in [5, 5.41) is 12.1. The molecule has 0 saturated carbocycles. The van der Waals surface area contributed by atoms with Gasteiger partial charge in [-0.2, -0.15) is 4.98 Å². The molecule has 0 amide bonds. The van der Waals surface area contributed by atoms with E-state index >= 15 is 0 Å². The smallest absolute Gasteiger partial charge is 0.258 e. The van der Waals surface area contributed by atoms with Gasteiger partial charge in [-0.25, -0.2) is 9.07 Å². The average Bonchev–Trinajstić information content (AvgIpc) is 3.33. The summed E-state index contributed by atoms with van der Waals surface area (Å²) in [5.41, 5.74) is 2.19. The Kier molecular flexibility index (Phi) is 4.14. The Morgan fingerprint density at radius 1 is 1.08 bits per heavy atom. The van der Waals surface area contributed by atoms with Crippen molar-refractivity contribution in [2.24, 2.45) is 0 Å². The molecular formula is C18H14FN5O2. The van der Waals surface area contributed by atoms with E-state index < -0.39 is 0 Å². The van der Waals surface area contributed by atoms with Crippen LogP contribution in [-0.4, -0.2) is 32.2 Å². The first kappa shape index (κ1) is 15.9. The van der Waals surface area contributed by atoms with E-state index in [1.165, 1.54) is 12.1 Å². The van der Waals surface area contributed by atoms with Gasteiger partial charge in [0.15, 0.2) is 5.69 Å². The van der Waals surface area contributed by atoms with E-state index in [1.54, 1.807) is 30.1 Å². The quantitative estimate of drug-likeness (QED) is 0.549. The van der Waals surface area contributed by atoms with Gasteiger partial charge in [0.1, 0.15) is 11.6 Å². The Morgan fingerprint density at radius 3 is 2.58 bits per heavy atom. The summed E-state index contributed by atoms with van der Waals surface area (Å²) < 4.78 is 25.0. The number of hydrogen-bond acceptors (Lipinski definition) is 6. The van der Waals surface area contributed by atoms with E-state index in [1.807, 2.05) is 24.3 Å². The molecular weight excluding hydrogens is 337 g/mol. The number of methoxy groups -OCH3 is 1. The summed E-state index contributed by atoms with van der Waals surface area (Å²) >= 11 is 0. The molecule has 2 heterocycles. The summed E-state index contributed by atoms with van der Waals surface area (Å²) in [6.45, 7) is 0.469. The van der Waals surface area contributed by atoms with Gasteiger partial charge in [-0.05, 0) is 42.0 Å². The fourth-order valence-corrected chi connectivity index (χ4v) is 2.43. The summed E-state index contributed by atoms with van der Waals surface area (Å²) in [4.78, 5) is 4.35. The third-order valence-electron chi connectivity index (χ3n) is 3.79. The van der Waals surface area contributed by atoms with E-state index in [-0.39, 0.29) is 5.82 Å². The standard InChI is InChI=1S/C18H14FN5O2/c1-25-15-8-4-13(5-9-15)18-20-17(22-26-18)16-11-24(23-21-16)10-12-2-6-14(19)7-3-12/h2-9,11H,10H2,1H3. The van der Waals surface area contributed by atoms with Gasteiger partial charge in [0.05, 0.1) is 19.9 Å². The molecule has 0 aliphatic carbocycles. The van der Waals surface area contributed by atoms with Gasteiger partial charge >= 0.3 is 0 Å². The second-order valence-corrected chi connectivity index (χ2v) is 5.58. The molecule has 0 bridgehead atoms. The average molecular weight is 351 g/mol. The number of benzene rings is 2. The lowest BCUT2D eigenvalue weighted by Gasteiger charge is -1.99. The van der Waals surface area contributed by atoms with Crippen LogP contribution in [0.15, 0.2) is 59.3 Å². The molecule has 0 aliphatic heterocycles. The van der Waals surface area contributed by atoms with Crippen LogP contribution < -0.4 is 4.74 Å². The number of rotatable bonds is 5. The van der Waals surface area contributed by atoms with Crippen LogP contribution in [0.5, 0.6) is 5.75 Å². The Labute approximate surface area is 148 Å². The Bertz CT molecular complexity index is 1010. The first-order valence-electron chi connectivity index (χ1n) is 7.84. The number of nitrogens with zero attached hydrogens (tertiary/aromatic N) is 5. The lowest BCUT2D eigenvalue weighted by atomic mass is 10.2. The van der Waals surface area contributed by atoms with Crippen LogP contribution in [0.4, 0.5) is 4.39 Å². The molecule has 0 radical (unpaired) electrons. The van der Waals surface area contributed by atoms with Crippen LogP contribution in [-0.2, 0) is 6.54 Å². The largest absolute Gasteiger partial charge is 0.497 e. The van der Waals surface area contributed by atoms with E-state index in [9.17, 15) is 4.39 Å². The maximum atomic E-state index is 13.0. The van der Waals surface area contributed by atoms with Crippen molar-refractivity contribution in [2.45, 2.75) is 6.54 Å². The van der Waals surface area contributed by atoms with Gasteiger partial charge in [-0.15, -0.1) is 5.10 Å². The summed E-state index contributed by atoms with van der Waals surface area (Å²) in [6, 6.07) is 13.5. The zero-order valence-electron chi connectivity index (χ0n) is 13.8. The second-order valence-electron chi connectivity index (χ2n) is 5.58. The molecule has 7 nitrogen and oxygen atoms in total. The van der Waals surface area contributed by atoms with Crippen molar-refractivity contribution in [1.82, 2.24) is 25.1 Å². The Hall–Kier alpha value is -3.55. The van der Waals surface area contributed by atoms with Gasteiger partial charge in [-0.1, -0.05) is 22.5 Å². The van der Waals surface area contributed by atoms with Crippen molar-refractivity contribution in [3.05, 3.63) is 66.1 Å². The molecule has 0 N–H and O–H groups in total. The summed E-state index contributed by atoms with van der Waals surface area (Å²) in [7, 11) is 1.61. The minimum absolute atomic E-state index is 0.272. The second kappa shape index (κ2) is 6.75. The van der Waals surface area contributed by atoms with E-state index in [4.69, 9.17) is 9.26 Å². The maximum absolute atomic E-state index is 13.0. The molecule has 8 heteroatoms. The minimum atomic E-state index is -0.272. The molecule has 2 aromatic heterocycles. The molecule has 0 unspecified atom stereocenters. The third kappa shape index (κ3) is 3.30. The molecule has 0 aliphatic rings. The SMILES string of the molecule is COc1ccc(-c2nc(-c3cn(Cc4ccc(F)cc4)nn3)no2)cc1. The van der Waals surface area contributed by atoms with E-state index in [0.29, 0.717) is 24.0 Å².